The van der Waals surface area contributed by atoms with Gasteiger partial charge in [0.1, 0.15) is 12.6 Å². The van der Waals surface area contributed by atoms with Crippen LogP contribution in [-0.4, -0.2) is 43.8 Å². The van der Waals surface area contributed by atoms with Crippen molar-refractivity contribution in [3.8, 4) is 0 Å². The summed E-state index contributed by atoms with van der Waals surface area (Å²) in [4.78, 5) is 29.2. The molecule has 1 aliphatic carbocycles. The Bertz CT molecular complexity index is 1570. The molecule has 0 unspecified atom stereocenters. The maximum absolute atomic E-state index is 14.2. The quantitative estimate of drug-likeness (QED) is 0.258. The molecule has 1 aliphatic rings. The molecule has 0 aliphatic heterocycles. The summed E-state index contributed by atoms with van der Waals surface area (Å²) in [6.07, 6.45) is 5.02. The van der Waals surface area contributed by atoms with Gasteiger partial charge < -0.3 is 10.2 Å². The van der Waals surface area contributed by atoms with E-state index in [1.165, 1.54) is 4.90 Å². The lowest BCUT2D eigenvalue weighted by Crippen LogP contribution is -2.53. The van der Waals surface area contributed by atoms with Crippen molar-refractivity contribution in [2.24, 2.45) is 0 Å². The Morgan fingerprint density at radius 1 is 0.907 bits per heavy atom. The van der Waals surface area contributed by atoms with E-state index in [1.807, 2.05) is 32.9 Å². The van der Waals surface area contributed by atoms with Crippen LogP contribution in [0.5, 0.6) is 0 Å². The van der Waals surface area contributed by atoms with E-state index in [4.69, 9.17) is 23.2 Å². The topological polar surface area (TPSA) is 86.8 Å². The molecule has 7 nitrogen and oxygen atoms in total. The smallest absolute Gasteiger partial charge is 0.264 e. The van der Waals surface area contributed by atoms with Crippen LogP contribution in [0.3, 0.4) is 0 Å². The molecule has 0 aromatic heterocycles. The summed E-state index contributed by atoms with van der Waals surface area (Å²) in [5.74, 6) is -0.820. The highest BCUT2D eigenvalue weighted by Gasteiger charge is 2.34. The fourth-order valence-electron chi connectivity index (χ4n) is 5.32. The Kier molecular flexibility index (Phi) is 10.8. The fraction of sp³-hybridized carbons (Fsp3) is 0.394. The van der Waals surface area contributed by atoms with Crippen molar-refractivity contribution in [2.75, 3.05) is 10.8 Å². The first-order chi connectivity index (χ1) is 20.4. The van der Waals surface area contributed by atoms with Gasteiger partial charge in [0, 0.05) is 22.6 Å². The molecule has 230 valence electrons. The second kappa shape index (κ2) is 14.1. The summed E-state index contributed by atoms with van der Waals surface area (Å²) in [5, 5.41) is 3.90. The minimum absolute atomic E-state index is 0.000687. The molecular weight excluding hydrogens is 605 g/mol. The molecule has 0 saturated heterocycles. The lowest BCUT2D eigenvalue weighted by molar-refractivity contribution is -0.139. The van der Waals surface area contributed by atoms with E-state index in [9.17, 15) is 18.0 Å². The highest BCUT2D eigenvalue weighted by Crippen LogP contribution is 2.29. The number of benzene rings is 3. The number of carbonyl (C=O) groups is 2. The molecule has 1 saturated carbocycles. The molecule has 3 aromatic carbocycles. The normalized spacial score (nSPS) is 14.7. The zero-order valence-corrected chi connectivity index (χ0v) is 27.4. The number of hydrogen-bond acceptors (Lipinski definition) is 4. The van der Waals surface area contributed by atoms with Crippen molar-refractivity contribution in [1.29, 1.82) is 0 Å². The van der Waals surface area contributed by atoms with Crippen LogP contribution >= 0.6 is 23.2 Å². The number of nitrogens with zero attached hydrogens (tertiary/aromatic N) is 2. The molecule has 1 atom stereocenters. The van der Waals surface area contributed by atoms with Gasteiger partial charge in [0.05, 0.1) is 10.6 Å². The van der Waals surface area contributed by atoms with Crippen LogP contribution in [-0.2, 0) is 26.2 Å². The third kappa shape index (κ3) is 8.11. The molecule has 2 amide bonds. The number of aryl methyl sites for hydroxylation is 3. The average Bonchev–Trinajstić information content (AvgIpc) is 2.97. The zero-order valence-electron chi connectivity index (χ0n) is 25.1. The number of amides is 2. The zero-order chi connectivity index (χ0) is 31.3. The number of halogens is 2. The van der Waals surface area contributed by atoms with Crippen LogP contribution in [0.2, 0.25) is 10.0 Å². The summed E-state index contributed by atoms with van der Waals surface area (Å²) in [5.41, 5.74) is 3.46. The summed E-state index contributed by atoms with van der Waals surface area (Å²) < 4.78 is 29.4. The minimum atomic E-state index is -4.15. The van der Waals surface area contributed by atoms with Gasteiger partial charge in [0.15, 0.2) is 0 Å². The molecule has 10 heteroatoms. The van der Waals surface area contributed by atoms with E-state index < -0.39 is 28.5 Å². The molecule has 0 spiro atoms. The van der Waals surface area contributed by atoms with E-state index in [1.54, 1.807) is 55.5 Å². The Balaban J connectivity index is 1.73. The van der Waals surface area contributed by atoms with Crippen molar-refractivity contribution >= 4 is 50.7 Å². The third-order valence-corrected chi connectivity index (χ3v) is 10.4. The highest BCUT2D eigenvalue weighted by molar-refractivity contribution is 7.92. The second-order valence-electron chi connectivity index (χ2n) is 11.4. The highest BCUT2D eigenvalue weighted by atomic mass is 35.5. The molecule has 0 heterocycles. The lowest BCUT2D eigenvalue weighted by atomic mass is 9.95. The molecule has 1 fully saturated rings. The Hall–Kier alpha value is -3.07. The number of nitrogens with one attached hydrogen (secondary N) is 1. The van der Waals surface area contributed by atoms with E-state index in [-0.39, 0.29) is 23.4 Å². The van der Waals surface area contributed by atoms with Crippen LogP contribution in [0.1, 0.15) is 61.3 Å². The van der Waals surface area contributed by atoms with Crippen LogP contribution in [0.4, 0.5) is 5.69 Å². The number of sulfonamides is 1. The first-order valence-corrected chi connectivity index (χ1v) is 16.8. The van der Waals surface area contributed by atoms with Crippen molar-refractivity contribution in [1.82, 2.24) is 10.2 Å². The van der Waals surface area contributed by atoms with Gasteiger partial charge in [-0.05, 0) is 87.6 Å². The third-order valence-electron chi connectivity index (χ3n) is 8.00. The average molecular weight is 645 g/mol. The van der Waals surface area contributed by atoms with Gasteiger partial charge in [-0.1, -0.05) is 78.4 Å². The maximum Gasteiger partial charge on any atom is 0.264 e. The van der Waals surface area contributed by atoms with Gasteiger partial charge in [-0.3, -0.25) is 13.9 Å². The molecule has 4 rings (SSSR count). The van der Waals surface area contributed by atoms with Crippen molar-refractivity contribution in [3.63, 3.8) is 0 Å². The van der Waals surface area contributed by atoms with E-state index in [0.29, 0.717) is 26.9 Å². The van der Waals surface area contributed by atoms with E-state index in [2.05, 4.69) is 5.32 Å². The number of hydrogen-bond donors (Lipinski definition) is 1. The largest absolute Gasteiger partial charge is 0.352 e. The van der Waals surface area contributed by atoms with Gasteiger partial charge >= 0.3 is 0 Å². The lowest BCUT2D eigenvalue weighted by Gasteiger charge is -2.34. The van der Waals surface area contributed by atoms with Gasteiger partial charge in [0.2, 0.25) is 11.8 Å². The summed E-state index contributed by atoms with van der Waals surface area (Å²) in [6, 6.07) is 16.1. The Morgan fingerprint density at radius 3 is 2.21 bits per heavy atom. The summed E-state index contributed by atoms with van der Waals surface area (Å²) in [7, 11) is -4.15. The molecule has 43 heavy (non-hydrogen) atoms. The van der Waals surface area contributed by atoms with Crippen LogP contribution in [0, 0.1) is 20.8 Å². The SMILES string of the molecule is Cc1ccc(S(=O)(=O)N(CC(=O)N(Cc2ccc(Cl)cc2Cl)[C@H](C)C(=O)NC2CCCCC2)c2cc(C)ccc2C)cc1. The molecule has 1 N–H and O–H groups in total. The Labute approximate surface area is 265 Å². The van der Waals surface area contributed by atoms with E-state index >= 15 is 0 Å². The number of carbonyl (C=O) groups excluding carboxylic acids is 2. The molecule has 0 bridgehead atoms. The standard InChI is InChI=1S/C33H39Cl2N3O4S/c1-22-11-16-29(17-12-22)43(41,42)38(31-18-23(2)10-13-24(31)3)21-32(39)37(20-26-14-15-27(34)19-30(26)35)25(4)33(40)36-28-8-6-5-7-9-28/h10-19,25,28H,5-9,20-21H2,1-4H3,(H,36,40)/t25-/m1/s1. The van der Waals surface area contributed by atoms with Crippen LogP contribution in [0.25, 0.3) is 0 Å². The van der Waals surface area contributed by atoms with Crippen molar-refractivity contribution in [2.45, 2.75) is 83.3 Å². The monoisotopic (exact) mass is 643 g/mol. The molecule has 3 aromatic rings. The van der Waals surface area contributed by atoms with Crippen LogP contribution in [0.15, 0.2) is 65.6 Å². The predicted molar refractivity (Wildman–Crippen MR) is 173 cm³/mol. The first kappa shape index (κ1) is 32.8. The minimum Gasteiger partial charge on any atom is -0.352 e. The Morgan fingerprint density at radius 2 is 1.56 bits per heavy atom. The van der Waals surface area contributed by atoms with Crippen LogP contribution < -0.4 is 9.62 Å². The summed E-state index contributed by atoms with van der Waals surface area (Å²) >= 11 is 12.6. The maximum atomic E-state index is 14.2. The molecular formula is C33H39Cl2N3O4S. The van der Waals surface area contributed by atoms with Gasteiger partial charge in [-0.15, -0.1) is 0 Å². The van der Waals surface area contributed by atoms with Gasteiger partial charge in [-0.25, -0.2) is 8.42 Å². The summed E-state index contributed by atoms with van der Waals surface area (Å²) in [6.45, 7) is 6.71. The number of anilines is 1. The van der Waals surface area contributed by atoms with Gasteiger partial charge in [-0.2, -0.15) is 0 Å². The fourth-order valence-corrected chi connectivity index (χ4v) is 7.26. The van der Waals surface area contributed by atoms with Crippen molar-refractivity contribution in [3.05, 3.63) is 93.0 Å². The van der Waals surface area contributed by atoms with Crippen molar-refractivity contribution < 1.29 is 18.0 Å². The second-order valence-corrected chi connectivity index (χ2v) is 14.1. The van der Waals surface area contributed by atoms with E-state index in [0.717, 1.165) is 47.5 Å². The van der Waals surface area contributed by atoms with Gasteiger partial charge in [0.25, 0.3) is 10.0 Å². The predicted octanol–water partition coefficient (Wildman–Crippen LogP) is 6.98. The number of rotatable bonds is 10. The first-order valence-electron chi connectivity index (χ1n) is 14.6. The molecule has 0 radical (unpaired) electrons.